The number of hydrogen-bond donors (Lipinski definition) is 1. The Labute approximate surface area is 46.5 Å². The molecule has 0 rings (SSSR count). The number of aliphatic hydroxyl groups is 1. The van der Waals surface area contributed by atoms with Gasteiger partial charge in [0.05, 0.1) is 5.85 Å². The van der Waals surface area contributed by atoms with Crippen LogP contribution >= 0.6 is 7.92 Å². The third-order valence-corrected chi connectivity index (χ3v) is 2.52. The predicted octanol–water partition coefficient (Wildman–Crippen LogP) is 1.46. The third-order valence-electron chi connectivity index (χ3n) is 0.961. The number of aliphatic hydroxyl groups excluding tert-OH is 1. The normalized spacial score (nSPS) is 15.0. The van der Waals surface area contributed by atoms with Crippen LogP contribution in [0.1, 0.15) is 13.3 Å². The van der Waals surface area contributed by atoms with E-state index in [9.17, 15) is 0 Å². The van der Waals surface area contributed by atoms with Crippen LogP contribution in [0.4, 0.5) is 0 Å². The van der Waals surface area contributed by atoms with Crippen molar-refractivity contribution < 1.29 is 5.11 Å². The van der Waals surface area contributed by atoms with Crippen LogP contribution in [0.5, 0.6) is 0 Å². The molecule has 0 aliphatic carbocycles. The van der Waals surface area contributed by atoms with Crippen molar-refractivity contribution in [3.8, 4) is 0 Å². The highest BCUT2D eigenvalue weighted by atomic mass is 31.1. The lowest BCUT2D eigenvalue weighted by molar-refractivity contribution is 0.254. The molecule has 0 amide bonds. The summed E-state index contributed by atoms with van der Waals surface area (Å²) in [6.45, 7) is 6.18. The molecule has 1 N–H and O–H groups in total. The molecule has 1 nitrogen and oxygen atoms in total. The van der Waals surface area contributed by atoms with Gasteiger partial charge in [-0.2, -0.15) is 0 Å². The van der Waals surface area contributed by atoms with Crippen molar-refractivity contribution in [3.05, 3.63) is 0 Å². The van der Waals surface area contributed by atoms with Gasteiger partial charge in [-0.1, -0.05) is 14.8 Å². The monoisotopic (exact) mass is 120 g/mol. The second kappa shape index (κ2) is 3.40. The van der Waals surface area contributed by atoms with Gasteiger partial charge in [-0.3, -0.25) is 0 Å². The maximum atomic E-state index is 8.96. The van der Waals surface area contributed by atoms with Crippen molar-refractivity contribution in [1.82, 2.24) is 0 Å². The van der Waals surface area contributed by atoms with E-state index in [1.54, 1.807) is 0 Å². The lowest BCUT2D eigenvalue weighted by Crippen LogP contribution is -1.98. The van der Waals surface area contributed by atoms with Crippen LogP contribution in [0.25, 0.3) is 0 Å². The van der Waals surface area contributed by atoms with Crippen molar-refractivity contribution in [2.24, 2.45) is 0 Å². The van der Waals surface area contributed by atoms with Gasteiger partial charge in [0.25, 0.3) is 0 Å². The lowest BCUT2D eigenvalue weighted by Gasteiger charge is -2.10. The first kappa shape index (κ1) is 7.39. The molecular formula is C5H13OP. The first-order chi connectivity index (χ1) is 3.18. The van der Waals surface area contributed by atoms with E-state index in [0.717, 1.165) is 6.42 Å². The van der Waals surface area contributed by atoms with Crippen LogP contribution in [0.15, 0.2) is 0 Å². The highest BCUT2D eigenvalue weighted by molar-refractivity contribution is 7.56. The summed E-state index contributed by atoms with van der Waals surface area (Å²) in [7, 11) is -0.106. The molecule has 0 aliphatic rings. The molecule has 0 radical (unpaired) electrons. The largest absolute Gasteiger partial charge is 0.389 e. The first-order valence-corrected chi connectivity index (χ1v) is 4.83. The van der Waals surface area contributed by atoms with Crippen LogP contribution in [-0.4, -0.2) is 24.3 Å². The fourth-order valence-electron chi connectivity index (χ4n) is 0.365. The fraction of sp³-hybridized carbons (Fsp3) is 1.00. The summed E-state index contributed by atoms with van der Waals surface area (Å²) in [5.41, 5.74) is 0. The van der Waals surface area contributed by atoms with Gasteiger partial charge >= 0.3 is 0 Å². The summed E-state index contributed by atoms with van der Waals surface area (Å²) >= 11 is 0. The summed E-state index contributed by atoms with van der Waals surface area (Å²) in [6.07, 6.45) is 0.901. The van der Waals surface area contributed by atoms with Crippen molar-refractivity contribution in [2.75, 3.05) is 13.3 Å². The minimum Gasteiger partial charge on any atom is -0.389 e. The molecule has 0 aromatic rings. The van der Waals surface area contributed by atoms with Crippen LogP contribution in [-0.2, 0) is 0 Å². The Morgan fingerprint density at radius 2 is 2.00 bits per heavy atom. The van der Waals surface area contributed by atoms with Crippen molar-refractivity contribution >= 4 is 7.92 Å². The fourth-order valence-corrected chi connectivity index (χ4v) is 1.10. The van der Waals surface area contributed by atoms with Crippen LogP contribution in [0.2, 0.25) is 0 Å². The molecule has 1 atom stereocenters. The zero-order valence-corrected chi connectivity index (χ0v) is 6.07. The molecule has 0 heterocycles. The van der Waals surface area contributed by atoms with Gasteiger partial charge in [0.1, 0.15) is 0 Å². The number of hydrogen-bond acceptors (Lipinski definition) is 1. The van der Waals surface area contributed by atoms with E-state index < -0.39 is 0 Å². The highest BCUT2D eigenvalue weighted by Gasteiger charge is 2.02. The van der Waals surface area contributed by atoms with E-state index in [-0.39, 0.29) is 13.8 Å². The van der Waals surface area contributed by atoms with Crippen molar-refractivity contribution in [1.29, 1.82) is 0 Å². The third kappa shape index (κ3) is 3.02. The molecule has 0 bridgehead atoms. The summed E-state index contributed by atoms with van der Waals surface area (Å²) in [4.78, 5) is 0. The summed E-state index contributed by atoms with van der Waals surface area (Å²) < 4.78 is 0. The van der Waals surface area contributed by atoms with Gasteiger partial charge in [0.15, 0.2) is 0 Å². The Kier molecular flexibility index (Phi) is 3.59. The van der Waals surface area contributed by atoms with E-state index >= 15 is 0 Å². The molecule has 0 fully saturated rings. The Bertz CT molecular complexity index is 45.3. The molecule has 0 saturated heterocycles. The van der Waals surface area contributed by atoms with Gasteiger partial charge < -0.3 is 5.11 Å². The molecule has 2 heteroatoms. The summed E-state index contributed by atoms with van der Waals surface area (Å²) in [5.74, 6) is -0.0324. The zero-order chi connectivity index (χ0) is 5.86. The van der Waals surface area contributed by atoms with Crippen molar-refractivity contribution in [2.45, 2.75) is 19.2 Å². The maximum absolute atomic E-state index is 8.96. The smallest absolute Gasteiger partial charge is 0.0722 e. The van der Waals surface area contributed by atoms with E-state index in [1.165, 1.54) is 0 Å². The molecule has 0 spiro atoms. The molecule has 0 aliphatic heterocycles. The zero-order valence-electron chi connectivity index (χ0n) is 5.18. The molecular weight excluding hydrogens is 107 g/mol. The van der Waals surface area contributed by atoms with E-state index in [0.29, 0.717) is 0 Å². The van der Waals surface area contributed by atoms with Gasteiger partial charge in [-0.25, -0.2) is 0 Å². The topological polar surface area (TPSA) is 20.2 Å². The van der Waals surface area contributed by atoms with Crippen LogP contribution in [0.3, 0.4) is 0 Å². The minimum atomic E-state index is -0.106. The van der Waals surface area contributed by atoms with E-state index in [4.69, 9.17) is 5.11 Å². The molecule has 0 saturated carbocycles. The Morgan fingerprint density at radius 3 is 2.00 bits per heavy atom. The SMILES string of the molecule is CCC(O)P(C)C. The van der Waals surface area contributed by atoms with Crippen molar-refractivity contribution in [3.63, 3.8) is 0 Å². The van der Waals surface area contributed by atoms with Gasteiger partial charge in [-0.15, -0.1) is 0 Å². The quantitative estimate of drug-likeness (QED) is 0.547. The molecule has 44 valence electrons. The molecule has 0 aromatic carbocycles. The number of rotatable bonds is 2. The van der Waals surface area contributed by atoms with E-state index in [1.807, 2.05) is 6.92 Å². The molecule has 0 aromatic heterocycles. The van der Waals surface area contributed by atoms with Gasteiger partial charge in [0, 0.05) is 0 Å². The predicted molar refractivity (Wildman–Crippen MR) is 35.1 cm³/mol. The molecule has 1 unspecified atom stereocenters. The van der Waals surface area contributed by atoms with Crippen LogP contribution < -0.4 is 0 Å². The highest BCUT2D eigenvalue weighted by Crippen LogP contribution is 2.31. The Morgan fingerprint density at radius 1 is 1.57 bits per heavy atom. The lowest BCUT2D eigenvalue weighted by atomic mass is 10.5. The standard InChI is InChI=1S/C5H13OP/c1-4-5(6)7(2)3/h5-6H,4H2,1-3H3. The van der Waals surface area contributed by atoms with E-state index in [2.05, 4.69) is 13.3 Å². The Hall–Kier alpha value is 0.390. The minimum absolute atomic E-state index is 0.0324. The van der Waals surface area contributed by atoms with Crippen LogP contribution in [0, 0.1) is 0 Å². The van der Waals surface area contributed by atoms with Gasteiger partial charge in [-0.05, 0) is 19.8 Å². The van der Waals surface area contributed by atoms with Gasteiger partial charge in [0.2, 0.25) is 0 Å². The average Bonchev–Trinajstić information content (AvgIpc) is 1.65. The average molecular weight is 120 g/mol. The summed E-state index contributed by atoms with van der Waals surface area (Å²) in [6, 6.07) is 0. The Balaban J connectivity index is 3.14. The second-order valence-corrected chi connectivity index (χ2v) is 4.38. The second-order valence-electron chi connectivity index (χ2n) is 1.85. The first-order valence-electron chi connectivity index (χ1n) is 2.53. The summed E-state index contributed by atoms with van der Waals surface area (Å²) in [5, 5.41) is 8.96. The maximum Gasteiger partial charge on any atom is 0.0722 e. The molecule has 7 heavy (non-hydrogen) atoms.